The fourth-order valence-corrected chi connectivity index (χ4v) is 2.37. The first-order valence-electron chi connectivity index (χ1n) is 7.72. The fourth-order valence-electron chi connectivity index (χ4n) is 2.37. The molecule has 6 nitrogen and oxygen atoms in total. The Labute approximate surface area is 139 Å². The number of hydrazone groups is 1. The number of hydrogen-bond acceptors (Lipinski definition) is 4. The molecular weight excluding hydrogens is 306 g/mol. The first kappa shape index (κ1) is 15.9. The predicted molar refractivity (Wildman–Crippen MR) is 92.6 cm³/mol. The molecule has 0 aliphatic carbocycles. The molecule has 24 heavy (non-hydrogen) atoms. The van der Waals surface area contributed by atoms with E-state index in [9.17, 15) is 4.79 Å². The van der Waals surface area contributed by atoms with Gasteiger partial charge in [-0.2, -0.15) is 5.10 Å². The van der Waals surface area contributed by atoms with E-state index in [1.807, 2.05) is 51.1 Å². The molecule has 124 valence electrons. The van der Waals surface area contributed by atoms with Gasteiger partial charge in [0, 0.05) is 10.9 Å². The molecule has 6 heteroatoms. The molecule has 1 amide bonds. The maximum absolute atomic E-state index is 12.4. The predicted octanol–water partition coefficient (Wildman–Crippen LogP) is 3.62. The van der Waals surface area contributed by atoms with Crippen LogP contribution >= 0.6 is 0 Å². The number of H-pyrrole nitrogens is 1. The molecule has 3 rings (SSSR count). The number of amides is 1. The number of aryl methyl sites for hydroxylation is 1. The minimum absolute atomic E-state index is 0.0506. The highest BCUT2D eigenvalue weighted by Gasteiger charge is 2.19. The van der Waals surface area contributed by atoms with Crippen molar-refractivity contribution >= 4 is 23.0 Å². The smallest absolute Gasteiger partial charge is 0.291 e. The molecule has 0 saturated carbocycles. The first-order chi connectivity index (χ1) is 11.5. The summed E-state index contributed by atoms with van der Waals surface area (Å²) < 4.78 is 11.2. The van der Waals surface area contributed by atoms with E-state index < -0.39 is 0 Å². The van der Waals surface area contributed by atoms with Crippen molar-refractivity contribution < 1.29 is 13.9 Å². The lowest BCUT2D eigenvalue weighted by Crippen LogP contribution is -2.20. The minimum Gasteiger partial charge on any atom is -0.488 e. The van der Waals surface area contributed by atoms with E-state index in [4.69, 9.17) is 9.15 Å². The van der Waals surface area contributed by atoms with Crippen molar-refractivity contribution in [2.75, 3.05) is 0 Å². The summed E-state index contributed by atoms with van der Waals surface area (Å²) in [6.07, 6.45) is 1.40. The zero-order chi connectivity index (χ0) is 17.1. The van der Waals surface area contributed by atoms with Crippen LogP contribution in [-0.2, 0) is 0 Å². The third kappa shape index (κ3) is 3.32. The first-order valence-corrected chi connectivity index (χ1v) is 7.72. The van der Waals surface area contributed by atoms with Crippen LogP contribution in [0.4, 0.5) is 0 Å². The molecule has 0 bridgehead atoms. The summed E-state index contributed by atoms with van der Waals surface area (Å²) in [6.45, 7) is 5.68. The number of fused-ring (bicyclic) bond motifs is 1. The number of nitrogens with one attached hydrogen (secondary N) is 2. The van der Waals surface area contributed by atoms with Gasteiger partial charge < -0.3 is 14.1 Å². The zero-order valence-electron chi connectivity index (χ0n) is 13.8. The summed E-state index contributed by atoms with van der Waals surface area (Å²) in [5.74, 6) is 1.51. The Morgan fingerprint density at radius 3 is 2.79 bits per heavy atom. The Bertz CT molecular complexity index is 890. The molecule has 0 unspecified atom stereocenters. The minimum atomic E-state index is -0.374. The molecule has 0 aliphatic rings. The number of furan rings is 1. The van der Waals surface area contributed by atoms with Gasteiger partial charge in [-0.15, -0.1) is 0 Å². The van der Waals surface area contributed by atoms with Crippen LogP contribution in [0.3, 0.4) is 0 Å². The number of nitrogens with zero attached hydrogens (tertiary/aromatic N) is 1. The molecule has 2 heterocycles. The van der Waals surface area contributed by atoms with Gasteiger partial charge in [0.1, 0.15) is 17.2 Å². The highest BCUT2D eigenvalue weighted by molar-refractivity contribution is 6.03. The summed E-state index contributed by atoms with van der Waals surface area (Å²) >= 11 is 0. The molecule has 1 aromatic carbocycles. The van der Waals surface area contributed by atoms with Crippen molar-refractivity contribution in [1.82, 2.24) is 10.4 Å². The van der Waals surface area contributed by atoms with Crippen molar-refractivity contribution in [3.63, 3.8) is 0 Å². The van der Waals surface area contributed by atoms with Crippen molar-refractivity contribution in [2.45, 2.75) is 26.9 Å². The molecule has 2 aromatic heterocycles. The fraction of sp³-hybridized carbons (Fsp3) is 0.222. The number of hydrogen-bond donors (Lipinski definition) is 2. The second kappa shape index (κ2) is 6.62. The summed E-state index contributed by atoms with van der Waals surface area (Å²) in [7, 11) is 0. The number of benzene rings is 1. The molecular formula is C18H19N3O3. The average Bonchev–Trinajstić information content (AvgIpc) is 3.11. The molecule has 0 fully saturated rings. The van der Waals surface area contributed by atoms with Crippen molar-refractivity contribution in [3.05, 3.63) is 53.6 Å². The number of para-hydroxylation sites is 1. The number of aromatic nitrogens is 1. The Balaban J connectivity index is 1.84. The summed E-state index contributed by atoms with van der Waals surface area (Å²) in [4.78, 5) is 15.5. The summed E-state index contributed by atoms with van der Waals surface area (Å²) in [5.41, 5.74) is 3.67. The quantitative estimate of drug-likeness (QED) is 0.555. The molecule has 0 saturated heterocycles. The van der Waals surface area contributed by atoms with E-state index in [-0.39, 0.29) is 12.0 Å². The van der Waals surface area contributed by atoms with E-state index in [1.54, 1.807) is 6.07 Å². The highest BCUT2D eigenvalue weighted by atomic mass is 16.5. The lowest BCUT2D eigenvalue weighted by Gasteiger charge is -2.10. The van der Waals surface area contributed by atoms with Crippen LogP contribution in [0.1, 0.15) is 35.9 Å². The van der Waals surface area contributed by atoms with Gasteiger partial charge in [-0.25, -0.2) is 5.43 Å². The molecule has 2 N–H and O–H groups in total. The summed E-state index contributed by atoms with van der Waals surface area (Å²) in [6, 6.07) is 11.2. The van der Waals surface area contributed by atoms with E-state index in [2.05, 4.69) is 15.5 Å². The average molecular weight is 325 g/mol. The number of rotatable bonds is 5. The molecule has 0 spiro atoms. The van der Waals surface area contributed by atoms with Crippen LogP contribution in [0, 0.1) is 6.92 Å². The maximum Gasteiger partial charge on any atom is 0.291 e. The van der Waals surface area contributed by atoms with Gasteiger partial charge in [-0.1, -0.05) is 12.1 Å². The second-order valence-electron chi connectivity index (χ2n) is 5.69. The number of ether oxygens (including phenoxy) is 1. The lowest BCUT2D eigenvalue weighted by molar-refractivity contribution is 0.0945. The molecule has 0 radical (unpaired) electrons. The standard InChI is InChI=1S/C18H19N3O3/c1-11(2)23-17-14-6-4-5-7-15(14)20-16(17)18(22)21-19-10-13-9-8-12(3)24-13/h4-11,20H,1-3H3,(H,21,22)/b19-10+. The van der Waals surface area contributed by atoms with E-state index in [1.165, 1.54) is 6.21 Å². The lowest BCUT2D eigenvalue weighted by atomic mass is 10.2. The molecule has 0 aliphatic heterocycles. The van der Waals surface area contributed by atoms with Gasteiger partial charge in [-0.05, 0) is 45.0 Å². The Morgan fingerprint density at radius 1 is 1.29 bits per heavy atom. The number of aromatic amines is 1. The Morgan fingerprint density at radius 2 is 2.08 bits per heavy atom. The largest absolute Gasteiger partial charge is 0.488 e. The number of carbonyl (C=O) groups is 1. The number of carbonyl (C=O) groups excluding carboxylic acids is 1. The van der Waals surface area contributed by atoms with Crippen LogP contribution < -0.4 is 10.2 Å². The second-order valence-corrected chi connectivity index (χ2v) is 5.69. The van der Waals surface area contributed by atoms with E-state index >= 15 is 0 Å². The topological polar surface area (TPSA) is 79.6 Å². The maximum atomic E-state index is 12.4. The van der Waals surface area contributed by atoms with Gasteiger partial charge in [0.25, 0.3) is 5.91 Å². The SMILES string of the molecule is Cc1ccc(/C=N/NC(=O)c2[nH]c3ccccc3c2OC(C)C)o1. The van der Waals surface area contributed by atoms with Crippen LogP contribution in [0.15, 0.2) is 45.9 Å². The van der Waals surface area contributed by atoms with Gasteiger partial charge in [0.2, 0.25) is 0 Å². The van der Waals surface area contributed by atoms with Gasteiger partial charge in [0.15, 0.2) is 5.75 Å². The van der Waals surface area contributed by atoms with Gasteiger partial charge >= 0.3 is 0 Å². The van der Waals surface area contributed by atoms with Crippen LogP contribution in [0.2, 0.25) is 0 Å². The summed E-state index contributed by atoms with van der Waals surface area (Å²) in [5, 5.41) is 4.79. The van der Waals surface area contributed by atoms with E-state index in [0.717, 1.165) is 16.7 Å². The highest BCUT2D eigenvalue weighted by Crippen LogP contribution is 2.30. The van der Waals surface area contributed by atoms with Crippen molar-refractivity contribution in [1.29, 1.82) is 0 Å². The van der Waals surface area contributed by atoms with Crippen molar-refractivity contribution in [2.24, 2.45) is 5.10 Å². The van der Waals surface area contributed by atoms with Crippen LogP contribution in [0.5, 0.6) is 5.75 Å². The Kier molecular flexibility index (Phi) is 4.37. The van der Waals surface area contributed by atoms with E-state index in [0.29, 0.717) is 17.2 Å². The van der Waals surface area contributed by atoms with Crippen LogP contribution in [-0.4, -0.2) is 23.2 Å². The van der Waals surface area contributed by atoms with Gasteiger partial charge in [-0.3, -0.25) is 4.79 Å². The molecule has 0 atom stereocenters. The third-order valence-corrected chi connectivity index (χ3v) is 3.36. The normalized spacial score (nSPS) is 11.5. The monoisotopic (exact) mass is 325 g/mol. The van der Waals surface area contributed by atoms with Gasteiger partial charge in [0.05, 0.1) is 12.3 Å². The zero-order valence-corrected chi connectivity index (χ0v) is 13.8. The third-order valence-electron chi connectivity index (χ3n) is 3.36. The van der Waals surface area contributed by atoms with Crippen molar-refractivity contribution in [3.8, 4) is 5.75 Å². The molecule has 3 aromatic rings. The van der Waals surface area contributed by atoms with Crippen LogP contribution in [0.25, 0.3) is 10.9 Å². The Hall–Kier alpha value is -3.02.